The highest BCUT2D eigenvalue weighted by Gasteiger charge is 2.27. The Kier molecular flexibility index (Phi) is 7.12. The summed E-state index contributed by atoms with van der Waals surface area (Å²) in [5.41, 5.74) is 13.4. The molecule has 0 unspecified atom stereocenters. The summed E-state index contributed by atoms with van der Waals surface area (Å²) in [6, 6.07) is 17.4. The molecular weight excluding hydrogens is 389 g/mol. The summed E-state index contributed by atoms with van der Waals surface area (Å²) in [6.07, 6.45) is -5.40. The quantitative estimate of drug-likeness (QED) is 0.406. The predicted octanol–water partition coefficient (Wildman–Crippen LogP) is 4.33. The lowest BCUT2D eigenvalue weighted by Gasteiger charge is -2.17. The zero-order chi connectivity index (χ0) is 20.7. The van der Waals surface area contributed by atoms with Crippen molar-refractivity contribution in [3.63, 3.8) is 0 Å². The van der Waals surface area contributed by atoms with Crippen LogP contribution in [0.4, 0.5) is 13.2 Å². The lowest BCUT2D eigenvalue weighted by Crippen LogP contribution is -2.29. The number of halogens is 4. The molecule has 0 fully saturated rings. The molecular formula is C20H20ClF3N4. The molecule has 4 nitrogen and oxygen atoms in total. The number of nitrogens with two attached hydrogens (primary N) is 2. The Hall–Kier alpha value is -2.93. The topological polar surface area (TPSA) is 87.9 Å². The lowest BCUT2D eigenvalue weighted by molar-refractivity contribution is -0.133. The van der Waals surface area contributed by atoms with Crippen LogP contribution in [0.3, 0.4) is 0 Å². The van der Waals surface area contributed by atoms with Gasteiger partial charge in [-0.25, -0.2) is 0 Å². The van der Waals surface area contributed by atoms with Crippen molar-refractivity contribution in [2.75, 3.05) is 6.54 Å². The third kappa shape index (κ3) is 5.79. The van der Waals surface area contributed by atoms with Gasteiger partial charge in [0.05, 0.1) is 28.4 Å². The predicted molar refractivity (Wildman–Crippen MR) is 107 cm³/mol. The van der Waals surface area contributed by atoms with Crippen LogP contribution < -0.4 is 16.8 Å². The molecule has 6 N–H and O–H groups in total. The SMILES string of the molecule is N=C(C(=C(/N)NCCC(F)(F)F)/C(Cl)=C(\N)c1ccccc1)c1ccccc1. The Labute approximate surface area is 166 Å². The summed E-state index contributed by atoms with van der Waals surface area (Å²) < 4.78 is 37.3. The first kappa shape index (κ1) is 21.4. The van der Waals surface area contributed by atoms with E-state index < -0.39 is 19.1 Å². The smallest absolute Gasteiger partial charge is 0.390 e. The van der Waals surface area contributed by atoms with Gasteiger partial charge in [-0.05, 0) is 5.56 Å². The van der Waals surface area contributed by atoms with Crippen LogP contribution in [0.5, 0.6) is 0 Å². The van der Waals surface area contributed by atoms with Crippen molar-refractivity contribution in [3.05, 3.63) is 88.2 Å². The van der Waals surface area contributed by atoms with Gasteiger partial charge in [0.15, 0.2) is 0 Å². The van der Waals surface area contributed by atoms with Crippen LogP contribution >= 0.6 is 11.6 Å². The molecule has 148 valence electrons. The van der Waals surface area contributed by atoms with Crippen molar-refractivity contribution >= 4 is 23.0 Å². The number of nitrogens with one attached hydrogen (secondary N) is 2. The highest BCUT2D eigenvalue weighted by atomic mass is 35.5. The zero-order valence-corrected chi connectivity index (χ0v) is 15.6. The normalized spacial score (nSPS) is 13.4. The zero-order valence-electron chi connectivity index (χ0n) is 14.9. The Bertz CT molecular complexity index is 875. The van der Waals surface area contributed by atoms with Crippen LogP contribution in [-0.2, 0) is 0 Å². The van der Waals surface area contributed by atoms with Gasteiger partial charge in [-0.15, -0.1) is 0 Å². The molecule has 0 aliphatic heterocycles. The molecule has 0 saturated heterocycles. The molecule has 0 radical (unpaired) electrons. The van der Waals surface area contributed by atoms with Gasteiger partial charge in [0, 0.05) is 12.1 Å². The molecule has 8 heteroatoms. The van der Waals surface area contributed by atoms with Gasteiger partial charge in [-0.3, -0.25) is 5.41 Å². The third-order valence-electron chi connectivity index (χ3n) is 3.85. The van der Waals surface area contributed by atoms with Crippen molar-refractivity contribution in [2.45, 2.75) is 12.6 Å². The van der Waals surface area contributed by atoms with Gasteiger partial charge in [0.1, 0.15) is 5.82 Å². The average molecular weight is 409 g/mol. The molecule has 0 aliphatic rings. The molecule has 0 saturated carbocycles. The first-order chi connectivity index (χ1) is 13.2. The minimum atomic E-state index is -4.33. The fourth-order valence-electron chi connectivity index (χ4n) is 2.42. The monoisotopic (exact) mass is 408 g/mol. The highest BCUT2D eigenvalue weighted by Crippen LogP contribution is 2.27. The van der Waals surface area contributed by atoms with Gasteiger partial charge in [0.2, 0.25) is 0 Å². The lowest BCUT2D eigenvalue weighted by atomic mass is 9.99. The molecule has 2 aromatic carbocycles. The maximum atomic E-state index is 12.4. The van der Waals surface area contributed by atoms with Crippen LogP contribution in [0, 0.1) is 5.41 Å². The van der Waals surface area contributed by atoms with E-state index in [2.05, 4.69) is 5.32 Å². The molecule has 0 atom stereocenters. The highest BCUT2D eigenvalue weighted by molar-refractivity contribution is 6.39. The summed E-state index contributed by atoms with van der Waals surface area (Å²) in [4.78, 5) is 0. The molecule has 0 spiro atoms. The number of hydrogen-bond donors (Lipinski definition) is 4. The second-order valence-electron chi connectivity index (χ2n) is 5.92. The average Bonchev–Trinajstić information content (AvgIpc) is 2.67. The Balaban J connectivity index is 2.46. The van der Waals surface area contributed by atoms with Crippen molar-refractivity contribution in [3.8, 4) is 0 Å². The van der Waals surface area contributed by atoms with Crippen LogP contribution in [0.2, 0.25) is 0 Å². The van der Waals surface area contributed by atoms with E-state index in [1.807, 2.05) is 0 Å². The van der Waals surface area contributed by atoms with E-state index in [9.17, 15) is 13.2 Å². The third-order valence-corrected chi connectivity index (χ3v) is 4.24. The molecule has 0 heterocycles. The molecule has 2 rings (SSSR count). The van der Waals surface area contributed by atoms with Crippen LogP contribution in [0.1, 0.15) is 17.5 Å². The van der Waals surface area contributed by atoms with E-state index in [-0.39, 0.29) is 27.8 Å². The van der Waals surface area contributed by atoms with Gasteiger partial charge in [-0.2, -0.15) is 13.2 Å². The first-order valence-corrected chi connectivity index (χ1v) is 8.74. The first-order valence-electron chi connectivity index (χ1n) is 8.36. The van der Waals surface area contributed by atoms with Crippen LogP contribution in [0.25, 0.3) is 5.70 Å². The number of hydrogen-bond acceptors (Lipinski definition) is 4. The number of rotatable bonds is 7. The largest absolute Gasteiger partial charge is 0.397 e. The fraction of sp³-hybridized carbons (Fsp3) is 0.150. The number of benzene rings is 2. The Morgan fingerprint density at radius 3 is 1.93 bits per heavy atom. The van der Waals surface area contributed by atoms with E-state index in [0.29, 0.717) is 11.1 Å². The molecule has 28 heavy (non-hydrogen) atoms. The Morgan fingerprint density at radius 1 is 0.929 bits per heavy atom. The van der Waals surface area contributed by atoms with E-state index in [1.54, 1.807) is 60.7 Å². The van der Waals surface area contributed by atoms with Crippen LogP contribution in [-0.4, -0.2) is 18.4 Å². The second kappa shape index (κ2) is 9.32. The molecule has 2 aromatic rings. The van der Waals surface area contributed by atoms with Crippen molar-refractivity contribution in [1.29, 1.82) is 5.41 Å². The van der Waals surface area contributed by atoms with E-state index >= 15 is 0 Å². The summed E-state index contributed by atoms with van der Waals surface area (Å²) in [6.45, 7) is -0.448. The summed E-state index contributed by atoms with van der Waals surface area (Å²) in [7, 11) is 0. The summed E-state index contributed by atoms with van der Waals surface area (Å²) in [5, 5.41) is 11.0. The van der Waals surface area contributed by atoms with Crippen molar-refractivity contribution in [2.24, 2.45) is 11.5 Å². The van der Waals surface area contributed by atoms with Gasteiger partial charge in [0.25, 0.3) is 0 Å². The second-order valence-corrected chi connectivity index (χ2v) is 6.29. The number of alkyl halides is 3. The van der Waals surface area contributed by atoms with Gasteiger partial charge < -0.3 is 16.8 Å². The van der Waals surface area contributed by atoms with Gasteiger partial charge in [-0.1, -0.05) is 72.3 Å². The maximum absolute atomic E-state index is 12.4. The number of allylic oxidation sites excluding steroid dienone is 2. The molecule has 0 aromatic heterocycles. The van der Waals surface area contributed by atoms with Crippen molar-refractivity contribution in [1.82, 2.24) is 5.32 Å². The molecule has 0 bridgehead atoms. The van der Waals surface area contributed by atoms with E-state index in [0.717, 1.165) is 0 Å². The van der Waals surface area contributed by atoms with Crippen LogP contribution in [0.15, 0.2) is 77.1 Å². The van der Waals surface area contributed by atoms with E-state index in [4.69, 9.17) is 28.5 Å². The molecule has 0 aliphatic carbocycles. The van der Waals surface area contributed by atoms with E-state index in [1.165, 1.54) is 0 Å². The van der Waals surface area contributed by atoms with Crippen molar-refractivity contribution < 1.29 is 13.2 Å². The standard InChI is InChI=1S/C20H20ClF3N4/c21-16(18(26)14-9-5-2-6-10-14)15(17(25)13-7-3-1-4-8-13)19(27)28-12-11-20(22,23)24/h1-10,25,28H,11-12,26-27H2/b18-16+,19-15-,25-17?. The maximum Gasteiger partial charge on any atom is 0.390 e. The summed E-state index contributed by atoms with van der Waals surface area (Å²) >= 11 is 6.45. The fourth-order valence-corrected chi connectivity index (χ4v) is 2.72. The van der Waals surface area contributed by atoms with Gasteiger partial charge >= 0.3 is 6.18 Å². The minimum Gasteiger partial charge on any atom is -0.397 e. The minimum absolute atomic E-state index is 0.0166. The molecule has 0 amide bonds. The Morgan fingerprint density at radius 2 is 1.43 bits per heavy atom. The summed E-state index contributed by atoms with van der Waals surface area (Å²) in [5.74, 6) is -0.151.